The van der Waals surface area contributed by atoms with E-state index in [2.05, 4.69) is 17.6 Å². The second-order valence-electron chi connectivity index (χ2n) is 5.76. The van der Waals surface area contributed by atoms with Gasteiger partial charge in [0.2, 0.25) is 5.91 Å². The van der Waals surface area contributed by atoms with E-state index in [-0.39, 0.29) is 11.8 Å². The van der Waals surface area contributed by atoms with Crippen LogP contribution in [0.2, 0.25) is 0 Å². The monoisotopic (exact) mass is 238 g/mol. The Morgan fingerprint density at radius 2 is 2.29 bits per heavy atom. The molecule has 3 rings (SSSR count). The highest BCUT2D eigenvalue weighted by Crippen LogP contribution is 2.33. The SMILES string of the molecule is CC1OCCC1CNC(=O)C1CC2CCC1N2. The number of nitrogens with one attached hydrogen (secondary N) is 2. The molecule has 2 N–H and O–H groups in total. The quantitative estimate of drug-likeness (QED) is 0.760. The van der Waals surface area contributed by atoms with Gasteiger partial charge in [-0.3, -0.25) is 4.79 Å². The van der Waals surface area contributed by atoms with Crippen molar-refractivity contribution in [1.29, 1.82) is 0 Å². The summed E-state index contributed by atoms with van der Waals surface area (Å²) >= 11 is 0. The summed E-state index contributed by atoms with van der Waals surface area (Å²) in [7, 11) is 0. The second kappa shape index (κ2) is 4.58. The van der Waals surface area contributed by atoms with Gasteiger partial charge in [0.15, 0.2) is 0 Å². The van der Waals surface area contributed by atoms with Gasteiger partial charge in [-0.2, -0.15) is 0 Å². The molecule has 4 nitrogen and oxygen atoms in total. The van der Waals surface area contributed by atoms with Gasteiger partial charge in [-0.1, -0.05) is 0 Å². The fourth-order valence-electron chi connectivity index (χ4n) is 3.52. The maximum absolute atomic E-state index is 12.1. The van der Waals surface area contributed by atoms with Crippen molar-refractivity contribution in [3.63, 3.8) is 0 Å². The first kappa shape index (κ1) is 11.5. The van der Waals surface area contributed by atoms with Crippen LogP contribution in [0, 0.1) is 11.8 Å². The second-order valence-corrected chi connectivity index (χ2v) is 5.76. The van der Waals surface area contributed by atoms with Crippen LogP contribution in [0.25, 0.3) is 0 Å². The molecule has 0 aromatic rings. The number of fused-ring (bicyclic) bond motifs is 2. The van der Waals surface area contributed by atoms with E-state index in [1.54, 1.807) is 0 Å². The Morgan fingerprint density at radius 1 is 1.41 bits per heavy atom. The summed E-state index contributed by atoms with van der Waals surface area (Å²) in [5, 5.41) is 6.63. The molecule has 4 heteroatoms. The van der Waals surface area contributed by atoms with Crippen molar-refractivity contribution in [2.75, 3.05) is 13.2 Å². The van der Waals surface area contributed by atoms with Crippen molar-refractivity contribution in [3.8, 4) is 0 Å². The van der Waals surface area contributed by atoms with Crippen molar-refractivity contribution < 1.29 is 9.53 Å². The van der Waals surface area contributed by atoms with Crippen LogP contribution in [0.1, 0.15) is 32.6 Å². The Balaban J connectivity index is 1.47. The molecule has 17 heavy (non-hydrogen) atoms. The Hall–Kier alpha value is -0.610. The van der Waals surface area contributed by atoms with Crippen molar-refractivity contribution in [3.05, 3.63) is 0 Å². The van der Waals surface area contributed by atoms with Crippen molar-refractivity contribution in [2.45, 2.75) is 50.8 Å². The molecule has 5 atom stereocenters. The van der Waals surface area contributed by atoms with Crippen LogP contribution in [-0.2, 0) is 9.53 Å². The molecule has 0 aliphatic carbocycles. The lowest BCUT2D eigenvalue weighted by Gasteiger charge is -2.21. The molecule has 0 aromatic carbocycles. The normalized spacial score (nSPS) is 44.2. The molecular formula is C13H22N2O2. The van der Waals surface area contributed by atoms with E-state index < -0.39 is 0 Å². The summed E-state index contributed by atoms with van der Waals surface area (Å²) in [4.78, 5) is 12.1. The summed E-state index contributed by atoms with van der Waals surface area (Å²) in [6.45, 7) is 3.73. The van der Waals surface area contributed by atoms with E-state index in [1.807, 2.05) is 0 Å². The number of rotatable bonds is 3. The molecule has 1 amide bonds. The molecule has 3 aliphatic rings. The first-order chi connectivity index (χ1) is 8.24. The lowest BCUT2D eigenvalue weighted by Crippen LogP contribution is -2.40. The van der Waals surface area contributed by atoms with Gasteiger partial charge in [-0.05, 0) is 32.6 Å². The largest absolute Gasteiger partial charge is 0.378 e. The van der Waals surface area contributed by atoms with Crippen LogP contribution in [0.15, 0.2) is 0 Å². The highest BCUT2D eigenvalue weighted by atomic mass is 16.5. The smallest absolute Gasteiger partial charge is 0.224 e. The summed E-state index contributed by atoms with van der Waals surface area (Å²) in [5.74, 6) is 0.973. The minimum atomic E-state index is 0.214. The number of ether oxygens (including phenoxy) is 1. The maximum Gasteiger partial charge on any atom is 0.224 e. The van der Waals surface area contributed by atoms with E-state index in [0.717, 1.165) is 26.0 Å². The molecule has 0 aromatic heterocycles. The van der Waals surface area contributed by atoms with Gasteiger partial charge in [0, 0.05) is 31.2 Å². The van der Waals surface area contributed by atoms with Crippen LogP contribution in [0.5, 0.6) is 0 Å². The predicted octanol–water partition coefficient (Wildman–Crippen LogP) is 0.668. The topological polar surface area (TPSA) is 50.4 Å². The van der Waals surface area contributed by atoms with Gasteiger partial charge in [0.05, 0.1) is 12.0 Å². The van der Waals surface area contributed by atoms with Gasteiger partial charge in [-0.15, -0.1) is 0 Å². The van der Waals surface area contributed by atoms with Gasteiger partial charge in [0.25, 0.3) is 0 Å². The fraction of sp³-hybridized carbons (Fsp3) is 0.923. The molecule has 3 fully saturated rings. The zero-order valence-corrected chi connectivity index (χ0v) is 10.4. The molecule has 0 saturated carbocycles. The van der Waals surface area contributed by atoms with Crippen LogP contribution in [0.4, 0.5) is 0 Å². The van der Waals surface area contributed by atoms with E-state index in [9.17, 15) is 4.79 Å². The number of hydrogen-bond acceptors (Lipinski definition) is 3. The number of amides is 1. The first-order valence-electron chi connectivity index (χ1n) is 6.89. The molecule has 0 radical (unpaired) electrons. The minimum absolute atomic E-state index is 0.214. The summed E-state index contributed by atoms with van der Waals surface area (Å²) in [5.41, 5.74) is 0. The van der Waals surface area contributed by atoms with Crippen LogP contribution in [0.3, 0.4) is 0 Å². The van der Waals surface area contributed by atoms with Crippen LogP contribution < -0.4 is 10.6 Å². The lowest BCUT2D eigenvalue weighted by atomic mass is 9.88. The average molecular weight is 238 g/mol. The lowest BCUT2D eigenvalue weighted by molar-refractivity contribution is -0.125. The fourth-order valence-corrected chi connectivity index (χ4v) is 3.52. The molecule has 5 unspecified atom stereocenters. The van der Waals surface area contributed by atoms with E-state index in [4.69, 9.17) is 4.74 Å². The van der Waals surface area contributed by atoms with E-state index in [1.165, 1.54) is 12.8 Å². The third-order valence-corrected chi connectivity index (χ3v) is 4.71. The zero-order chi connectivity index (χ0) is 11.8. The third-order valence-electron chi connectivity index (χ3n) is 4.71. The number of carbonyl (C=O) groups excluding carboxylic acids is 1. The van der Waals surface area contributed by atoms with Crippen molar-refractivity contribution in [1.82, 2.24) is 10.6 Å². The van der Waals surface area contributed by atoms with E-state index >= 15 is 0 Å². The van der Waals surface area contributed by atoms with Gasteiger partial charge in [-0.25, -0.2) is 0 Å². The molecule has 0 spiro atoms. The molecule has 3 heterocycles. The van der Waals surface area contributed by atoms with E-state index in [0.29, 0.717) is 24.1 Å². The van der Waals surface area contributed by atoms with Crippen LogP contribution >= 0.6 is 0 Å². The van der Waals surface area contributed by atoms with Gasteiger partial charge >= 0.3 is 0 Å². The predicted molar refractivity (Wildman–Crippen MR) is 64.6 cm³/mol. The summed E-state index contributed by atoms with van der Waals surface area (Å²) < 4.78 is 5.51. The van der Waals surface area contributed by atoms with Crippen molar-refractivity contribution in [2.24, 2.45) is 11.8 Å². The summed E-state index contributed by atoms with van der Waals surface area (Å²) in [6.07, 6.45) is 4.84. The molecule has 2 bridgehead atoms. The molecule has 3 saturated heterocycles. The highest BCUT2D eigenvalue weighted by Gasteiger charge is 2.42. The average Bonchev–Trinajstić information content (AvgIpc) is 3.01. The number of hydrogen-bond donors (Lipinski definition) is 2. The Labute approximate surface area is 102 Å². The van der Waals surface area contributed by atoms with Crippen LogP contribution in [-0.4, -0.2) is 37.2 Å². The molecule has 3 aliphatic heterocycles. The third kappa shape index (κ3) is 2.20. The van der Waals surface area contributed by atoms with Crippen molar-refractivity contribution >= 4 is 5.91 Å². The molecule has 96 valence electrons. The Kier molecular flexibility index (Phi) is 3.09. The Morgan fingerprint density at radius 3 is 2.88 bits per heavy atom. The summed E-state index contributed by atoms with van der Waals surface area (Å²) in [6, 6.07) is 1.04. The Bertz CT molecular complexity index is 308. The minimum Gasteiger partial charge on any atom is -0.378 e. The van der Waals surface area contributed by atoms with Gasteiger partial charge in [0.1, 0.15) is 0 Å². The number of carbonyl (C=O) groups is 1. The standard InChI is InChI=1S/C13H22N2O2/c1-8-9(4-5-17-8)7-14-13(16)11-6-10-2-3-12(11)15-10/h8-12,15H,2-7H2,1H3,(H,14,16). The molecular weight excluding hydrogens is 216 g/mol. The first-order valence-corrected chi connectivity index (χ1v) is 6.89. The highest BCUT2D eigenvalue weighted by molar-refractivity contribution is 5.80. The van der Waals surface area contributed by atoms with Gasteiger partial charge < -0.3 is 15.4 Å². The zero-order valence-electron chi connectivity index (χ0n) is 10.4. The maximum atomic E-state index is 12.1.